The molecular formula is C14H20N2O5S2. The van der Waals surface area contributed by atoms with Crippen molar-refractivity contribution in [3.05, 3.63) is 11.1 Å². The molecule has 0 aromatic carbocycles. The second-order valence-corrected chi connectivity index (χ2v) is 8.59. The van der Waals surface area contributed by atoms with Crippen LogP contribution >= 0.6 is 11.3 Å². The number of esters is 1. The van der Waals surface area contributed by atoms with E-state index in [-0.39, 0.29) is 34.9 Å². The zero-order chi connectivity index (χ0) is 16.9. The highest BCUT2D eigenvalue weighted by molar-refractivity contribution is 7.92. The van der Waals surface area contributed by atoms with Gasteiger partial charge in [0.15, 0.2) is 20.7 Å². The Morgan fingerprint density at radius 3 is 2.74 bits per heavy atom. The molecule has 128 valence electrons. The topological polar surface area (TPSA) is 102 Å². The number of sulfone groups is 1. The number of thiazole rings is 1. The number of amides is 1. The first kappa shape index (κ1) is 17.9. The van der Waals surface area contributed by atoms with E-state index >= 15 is 0 Å². The van der Waals surface area contributed by atoms with Crippen LogP contribution in [0.25, 0.3) is 0 Å². The van der Waals surface area contributed by atoms with Crippen molar-refractivity contribution in [1.82, 2.24) is 4.98 Å². The molecule has 1 heterocycles. The predicted octanol–water partition coefficient (Wildman–Crippen LogP) is 2.01. The third-order valence-electron chi connectivity index (χ3n) is 3.66. The first-order chi connectivity index (χ1) is 10.9. The van der Waals surface area contributed by atoms with Crippen molar-refractivity contribution in [3.63, 3.8) is 0 Å². The Kier molecular flexibility index (Phi) is 6.11. The van der Waals surface area contributed by atoms with E-state index in [4.69, 9.17) is 4.74 Å². The summed E-state index contributed by atoms with van der Waals surface area (Å²) in [5, 5.41) is 3.97. The van der Waals surface area contributed by atoms with E-state index in [0.717, 1.165) is 24.2 Å². The first-order valence-corrected chi connectivity index (χ1v) is 10.2. The molecule has 1 aliphatic rings. The predicted molar refractivity (Wildman–Crippen MR) is 87.4 cm³/mol. The van der Waals surface area contributed by atoms with Crippen molar-refractivity contribution in [3.8, 4) is 0 Å². The second-order valence-electron chi connectivity index (χ2n) is 5.33. The van der Waals surface area contributed by atoms with Crippen LogP contribution in [-0.2, 0) is 19.4 Å². The summed E-state index contributed by atoms with van der Waals surface area (Å²) >= 11 is 1.10. The number of anilines is 1. The summed E-state index contributed by atoms with van der Waals surface area (Å²) in [5.41, 5.74) is 0.130. The molecule has 9 heteroatoms. The fourth-order valence-corrected chi connectivity index (χ4v) is 5.01. The van der Waals surface area contributed by atoms with E-state index in [0.29, 0.717) is 12.8 Å². The molecule has 1 N–H and O–H groups in total. The molecule has 1 aromatic heterocycles. The quantitative estimate of drug-likeness (QED) is 0.746. The number of aromatic nitrogens is 1. The van der Waals surface area contributed by atoms with Crippen LogP contribution in [0.15, 0.2) is 5.38 Å². The Morgan fingerprint density at radius 1 is 1.39 bits per heavy atom. The number of carbonyl (C=O) groups excluding carboxylic acids is 2. The molecule has 1 aromatic rings. The van der Waals surface area contributed by atoms with Crippen LogP contribution in [0.1, 0.15) is 49.5 Å². The van der Waals surface area contributed by atoms with Gasteiger partial charge in [-0.2, -0.15) is 0 Å². The number of nitrogens with one attached hydrogen (secondary N) is 1. The minimum absolute atomic E-state index is 0.104. The van der Waals surface area contributed by atoms with E-state index in [1.54, 1.807) is 6.92 Å². The Hall–Kier alpha value is -1.48. The van der Waals surface area contributed by atoms with Crippen LogP contribution in [0.2, 0.25) is 0 Å². The molecule has 0 radical (unpaired) electrons. The molecule has 1 amide bonds. The molecule has 1 saturated carbocycles. The molecule has 2 rings (SSSR count). The summed E-state index contributed by atoms with van der Waals surface area (Å²) < 4.78 is 29.0. The average Bonchev–Trinajstić information content (AvgIpc) is 3.17. The summed E-state index contributed by atoms with van der Waals surface area (Å²) in [6.45, 7) is 1.94. The fourth-order valence-electron chi connectivity index (χ4n) is 2.46. The Bertz CT molecular complexity index is 662. The van der Waals surface area contributed by atoms with Gasteiger partial charge in [-0.15, -0.1) is 11.3 Å². The number of ether oxygens (including phenoxy) is 1. The van der Waals surface area contributed by atoms with Gasteiger partial charge in [0, 0.05) is 11.8 Å². The number of carbonyl (C=O) groups is 2. The molecule has 0 atom stereocenters. The number of nitrogens with zero attached hydrogens (tertiary/aromatic N) is 1. The second kappa shape index (κ2) is 7.87. The Morgan fingerprint density at radius 2 is 2.09 bits per heavy atom. The highest BCUT2D eigenvalue weighted by atomic mass is 32.2. The van der Waals surface area contributed by atoms with E-state index in [1.807, 2.05) is 0 Å². The molecule has 23 heavy (non-hydrogen) atoms. The smallest absolute Gasteiger partial charge is 0.357 e. The van der Waals surface area contributed by atoms with E-state index in [2.05, 4.69) is 10.3 Å². The first-order valence-electron chi connectivity index (χ1n) is 7.56. The molecular weight excluding hydrogens is 340 g/mol. The van der Waals surface area contributed by atoms with E-state index < -0.39 is 21.7 Å². The van der Waals surface area contributed by atoms with Gasteiger partial charge < -0.3 is 10.1 Å². The SMILES string of the molecule is CCOC(=O)c1csc(NC(=O)CCS(=O)(=O)C2CCCC2)n1. The summed E-state index contributed by atoms with van der Waals surface area (Å²) in [5.74, 6) is -1.12. The molecule has 1 fully saturated rings. The molecule has 0 saturated heterocycles. The lowest BCUT2D eigenvalue weighted by atomic mass is 10.4. The Balaban J connectivity index is 1.84. The lowest BCUT2D eigenvalue weighted by molar-refractivity contribution is -0.115. The lowest BCUT2D eigenvalue weighted by Crippen LogP contribution is -2.24. The zero-order valence-corrected chi connectivity index (χ0v) is 14.5. The third-order valence-corrected chi connectivity index (χ3v) is 6.68. The average molecular weight is 360 g/mol. The van der Waals surface area contributed by atoms with Gasteiger partial charge in [0.05, 0.1) is 17.6 Å². The van der Waals surface area contributed by atoms with Crippen LogP contribution in [0.3, 0.4) is 0 Å². The number of hydrogen-bond donors (Lipinski definition) is 1. The molecule has 0 unspecified atom stereocenters. The van der Waals surface area contributed by atoms with E-state index in [9.17, 15) is 18.0 Å². The Labute approximate surface area is 139 Å². The zero-order valence-electron chi connectivity index (χ0n) is 12.9. The van der Waals surface area contributed by atoms with Crippen LogP contribution < -0.4 is 5.32 Å². The molecule has 0 bridgehead atoms. The maximum atomic E-state index is 12.1. The van der Waals surface area contributed by atoms with Crippen molar-refractivity contribution >= 4 is 38.2 Å². The maximum Gasteiger partial charge on any atom is 0.357 e. The van der Waals surface area contributed by atoms with E-state index in [1.165, 1.54) is 5.38 Å². The third kappa shape index (κ3) is 5.00. The van der Waals surface area contributed by atoms with Crippen LogP contribution in [0, 0.1) is 0 Å². The normalized spacial score (nSPS) is 15.5. The minimum Gasteiger partial charge on any atom is -0.461 e. The van der Waals surface area contributed by atoms with Crippen molar-refractivity contribution in [2.45, 2.75) is 44.3 Å². The number of rotatable bonds is 7. The van der Waals surface area contributed by atoms with Gasteiger partial charge in [0.1, 0.15) is 0 Å². The lowest BCUT2D eigenvalue weighted by Gasteiger charge is -2.10. The standard InChI is InChI=1S/C14H20N2O5S2/c1-2-21-13(18)11-9-22-14(15-11)16-12(17)7-8-23(19,20)10-5-3-4-6-10/h9-10H,2-8H2,1H3,(H,15,16,17). The summed E-state index contributed by atoms with van der Waals surface area (Å²) in [4.78, 5) is 27.3. The van der Waals surface area contributed by atoms with Gasteiger partial charge in [-0.05, 0) is 19.8 Å². The molecule has 1 aliphatic carbocycles. The van der Waals surface area contributed by atoms with Crippen molar-refractivity contribution in [1.29, 1.82) is 0 Å². The van der Waals surface area contributed by atoms with Crippen molar-refractivity contribution in [2.24, 2.45) is 0 Å². The van der Waals surface area contributed by atoms with Crippen molar-refractivity contribution < 1.29 is 22.7 Å². The van der Waals surface area contributed by atoms with Crippen LogP contribution in [0.4, 0.5) is 5.13 Å². The van der Waals surface area contributed by atoms with Gasteiger partial charge >= 0.3 is 5.97 Å². The molecule has 0 spiro atoms. The molecule has 0 aliphatic heterocycles. The van der Waals surface area contributed by atoms with Gasteiger partial charge in [0.25, 0.3) is 0 Å². The highest BCUT2D eigenvalue weighted by Gasteiger charge is 2.29. The monoisotopic (exact) mass is 360 g/mol. The van der Waals surface area contributed by atoms with Crippen molar-refractivity contribution in [2.75, 3.05) is 17.7 Å². The maximum absolute atomic E-state index is 12.1. The largest absolute Gasteiger partial charge is 0.461 e. The summed E-state index contributed by atoms with van der Waals surface area (Å²) in [7, 11) is -3.21. The van der Waals surface area contributed by atoms with Crippen LogP contribution in [-0.4, -0.2) is 42.9 Å². The fraction of sp³-hybridized carbons (Fsp3) is 0.643. The number of hydrogen-bond acceptors (Lipinski definition) is 7. The highest BCUT2D eigenvalue weighted by Crippen LogP contribution is 2.25. The summed E-state index contributed by atoms with van der Waals surface area (Å²) in [6, 6.07) is 0. The minimum atomic E-state index is -3.21. The van der Waals surface area contributed by atoms with Gasteiger partial charge in [-0.25, -0.2) is 18.2 Å². The van der Waals surface area contributed by atoms with Gasteiger partial charge in [0.2, 0.25) is 5.91 Å². The molecule has 7 nitrogen and oxygen atoms in total. The van der Waals surface area contributed by atoms with Crippen LogP contribution in [0.5, 0.6) is 0 Å². The van der Waals surface area contributed by atoms with Gasteiger partial charge in [-0.1, -0.05) is 12.8 Å². The summed E-state index contributed by atoms with van der Waals surface area (Å²) in [6.07, 6.45) is 3.16. The van der Waals surface area contributed by atoms with Gasteiger partial charge in [-0.3, -0.25) is 4.79 Å².